The van der Waals surface area contributed by atoms with Crippen molar-refractivity contribution in [3.8, 4) is 11.5 Å². The molecule has 8 heteroatoms. The van der Waals surface area contributed by atoms with Crippen LogP contribution in [0, 0.1) is 0 Å². The highest BCUT2D eigenvalue weighted by molar-refractivity contribution is 5.88. The number of ether oxygens (including phenoxy) is 2. The highest BCUT2D eigenvalue weighted by atomic mass is 16.5. The zero-order valence-electron chi connectivity index (χ0n) is 15.6. The Balaban J connectivity index is 1.50. The van der Waals surface area contributed by atoms with Crippen LogP contribution in [0.3, 0.4) is 0 Å². The molecular formula is C20H22N4O4. The van der Waals surface area contributed by atoms with Crippen LogP contribution in [0.4, 0.5) is 10.6 Å². The number of urea groups is 1. The molecule has 3 heterocycles. The summed E-state index contributed by atoms with van der Waals surface area (Å²) in [5, 5.41) is 7.22. The van der Waals surface area contributed by atoms with Crippen LogP contribution in [-0.2, 0) is 13.1 Å². The van der Waals surface area contributed by atoms with E-state index in [2.05, 4.69) is 10.4 Å². The van der Waals surface area contributed by atoms with Gasteiger partial charge < -0.3 is 18.8 Å². The van der Waals surface area contributed by atoms with Gasteiger partial charge in [0.1, 0.15) is 18.1 Å². The number of fused-ring (bicyclic) bond motifs is 1. The molecule has 0 saturated carbocycles. The first-order valence-corrected chi connectivity index (χ1v) is 9.13. The Bertz CT molecular complexity index is 936. The number of nitrogens with one attached hydrogen (secondary N) is 1. The van der Waals surface area contributed by atoms with Gasteiger partial charge in [-0.05, 0) is 24.6 Å². The van der Waals surface area contributed by atoms with Gasteiger partial charge in [-0.25, -0.2) is 9.48 Å². The lowest BCUT2D eigenvalue weighted by Crippen LogP contribution is -2.37. The van der Waals surface area contributed by atoms with Gasteiger partial charge in [-0.2, -0.15) is 5.10 Å². The maximum Gasteiger partial charge on any atom is 0.323 e. The van der Waals surface area contributed by atoms with Gasteiger partial charge in [-0.3, -0.25) is 5.32 Å². The van der Waals surface area contributed by atoms with Crippen molar-refractivity contribution in [2.75, 3.05) is 25.6 Å². The summed E-state index contributed by atoms with van der Waals surface area (Å²) in [4.78, 5) is 14.7. The molecule has 1 aromatic carbocycles. The van der Waals surface area contributed by atoms with E-state index in [0.717, 1.165) is 17.7 Å². The number of anilines is 1. The van der Waals surface area contributed by atoms with Crippen LogP contribution < -0.4 is 14.8 Å². The molecule has 0 fully saturated rings. The molecular weight excluding hydrogens is 360 g/mol. The highest BCUT2D eigenvalue weighted by Gasteiger charge is 2.21. The fourth-order valence-electron chi connectivity index (χ4n) is 3.20. The van der Waals surface area contributed by atoms with Crippen LogP contribution in [-0.4, -0.2) is 41.0 Å². The van der Waals surface area contributed by atoms with E-state index in [0.29, 0.717) is 43.6 Å². The van der Waals surface area contributed by atoms with Crippen LogP contribution in [0.25, 0.3) is 0 Å². The summed E-state index contributed by atoms with van der Waals surface area (Å²) in [7, 11) is 1.61. The Morgan fingerprint density at radius 3 is 3.04 bits per heavy atom. The summed E-state index contributed by atoms with van der Waals surface area (Å²) in [6, 6.07) is 11.0. The van der Waals surface area contributed by atoms with Gasteiger partial charge in [0.05, 0.1) is 32.7 Å². The molecule has 1 aliphatic rings. The van der Waals surface area contributed by atoms with E-state index in [9.17, 15) is 4.79 Å². The summed E-state index contributed by atoms with van der Waals surface area (Å²) in [5.41, 5.74) is 0.915. The third-order valence-corrected chi connectivity index (χ3v) is 4.58. The molecule has 0 spiro atoms. The number of amides is 2. The largest absolute Gasteiger partial charge is 0.493 e. The molecule has 1 N–H and O–H groups in total. The maximum atomic E-state index is 12.9. The number of para-hydroxylation sites is 1. The first-order chi connectivity index (χ1) is 13.7. The molecule has 146 valence electrons. The van der Waals surface area contributed by atoms with E-state index in [4.69, 9.17) is 13.9 Å². The third kappa shape index (κ3) is 3.80. The number of carbonyl (C=O) groups excluding carboxylic acids is 1. The van der Waals surface area contributed by atoms with Crippen molar-refractivity contribution in [3.05, 3.63) is 60.2 Å². The summed E-state index contributed by atoms with van der Waals surface area (Å²) in [6.45, 7) is 2.00. The van der Waals surface area contributed by atoms with E-state index in [1.54, 1.807) is 35.2 Å². The van der Waals surface area contributed by atoms with Gasteiger partial charge in [0, 0.05) is 18.2 Å². The minimum Gasteiger partial charge on any atom is -0.493 e. The van der Waals surface area contributed by atoms with Crippen LogP contribution in [0.5, 0.6) is 11.5 Å². The van der Waals surface area contributed by atoms with E-state index in [1.165, 1.54) is 0 Å². The average Bonchev–Trinajstić information content (AvgIpc) is 3.34. The predicted molar refractivity (Wildman–Crippen MR) is 103 cm³/mol. The van der Waals surface area contributed by atoms with Gasteiger partial charge in [0.2, 0.25) is 0 Å². The third-order valence-electron chi connectivity index (χ3n) is 4.58. The molecule has 0 bridgehead atoms. The molecule has 4 rings (SSSR count). The minimum absolute atomic E-state index is 0.183. The second-order valence-corrected chi connectivity index (χ2v) is 6.46. The van der Waals surface area contributed by atoms with E-state index >= 15 is 0 Å². The lowest BCUT2D eigenvalue weighted by Gasteiger charge is -2.27. The number of nitrogens with zero attached hydrogens (tertiary/aromatic N) is 3. The van der Waals surface area contributed by atoms with Crippen LogP contribution >= 0.6 is 0 Å². The van der Waals surface area contributed by atoms with Crippen molar-refractivity contribution in [1.29, 1.82) is 0 Å². The molecule has 0 atom stereocenters. The first-order valence-electron chi connectivity index (χ1n) is 9.13. The number of carbonyl (C=O) groups is 1. The van der Waals surface area contributed by atoms with E-state index < -0.39 is 0 Å². The van der Waals surface area contributed by atoms with Crippen molar-refractivity contribution in [2.24, 2.45) is 0 Å². The minimum atomic E-state index is -0.183. The topological polar surface area (TPSA) is 81.8 Å². The number of hydrogen-bond donors (Lipinski definition) is 1. The zero-order chi connectivity index (χ0) is 19.3. The Morgan fingerprint density at radius 2 is 2.21 bits per heavy atom. The van der Waals surface area contributed by atoms with Crippen molar-refractivity contribution in [3.63, 3.8) is 0 Å². The Kier molecular flexibility index (Phi) is 5.18. The molecule has 2 aromatic heterocycles. The second-order valence-electron chi connectivity index (χ2n) is 6.46. The molecule has 3 aromatic rings. The average molecular weight is 382 g/mol. The van der Waals surface area contributed by atoms with Gasteiger partial charge in [-0.15, -0.1) is 0 Å². The van der Waals surface area contributed by atoms with Gasteiger partial charge in [0.25, 0.3) is 0 Å². The maximum absolute atomic E-state index is 12.9. The number of furan rings is 1. The Hall–Kier alpha value is -3.42. The van der Waals surface area contributed by atoms with Crippen molar-refractivity contribution in [1.82, 2.24) is 14.7 Å². The number of hydrogen-bond acceptors (Lipinski definition) is 5. The van der Waals surface area contributed by atoms with Gasteiger partial charge >= 0.3 is 6.03 Å². The Labute approximate surface area is 162 Å². The quantitative estimate of drug-likeness (QED) is 0.748. The van der Waals surface area contributed by atoms with Crippen LogP contribution in [0.1, 0.15) is 17.7 Å². The SMILES string of the molecule is COc1cccc2c1OCCCN(C(=O)Nc1ccnn1Cc1ccco1)C2. The summed E-state index contributed by atoms with van der Waals surface area (Å²) < 4.78 is 18.3. The summed E-state index contributed by atoms with van der Waals surface area (Å²) >= 11 is 0. The standard InChI is InChI=1S/C20H22N4O4/c1-26-17-7-2-5-15-13-23(10-4-12-28-19(15)17)20(25)22-18-8-9-21-24(18)14-16-6-3-11-27-16/h2-3,5-9,11H,4,10,12-14H2,1H3,(H,22,25). The molecule has 28 heavy (non-hydrogen) atoms. The molecule has 2 amide bonds. The van der Waals surface area contributed by atoms with E-state index in [1.807, 2.05) is 30.3 Å². The predicted octanol–water partition coefficient (Wildman–Crippen LogP) is 3.35. The monoisotopic (exact) mass is 382 g/mol. The molecule has 0 saturated heterocycles. The molecule has 0 unspecified atom stereocenters. The fourth-order valence-corrected chi connectivity index (χ4v) is 3.20. The highest BCUT2D eigenvalue weighted by Crippen LogP contribution is 2.33. The van der Waals surface area contributed by atoms with Gasteiger partial charge in [-0.1, -0.05) is 12.1 Å². The Morgan fingerprint density at radius 1 is 1.29 bits per heavy atom. The number of methoxy groups -OCH3 is 1. The number of rotatable bonds is 4. The van der Waals surface area contributed by atoms with Gasteiger partial charge in [0.15, 0.2) is 11.5 Å². The molecule has 0 aliphatic carbocycles. The summed E-state index contributed by atoms with van der Waals surface area (Å²) in [6.07, 6.45) is 4.00. The zero-order valence-corrected chi connectivity index (χ0v) is 15.6. The molecule has 0 radical (unpaired) electrons. The second kappa shape index (κ2) is 8.08. The lowest BCUT2D eigenvalue weighted by molar-refractivity contribution is 0.191. The lowest BCUT2D eigenvalue weighted by atomic mass is 10.1. The molecule has 1 aliphatic heterocycles. The smallest absolute Gasteiger partial charge is 0.323 e. The summed E-state index contributed by atoms with van der Waals surface area (Å²) in [5.74, 6) is 2.76. The van der Waals surface area contributed by atoms with Crippen molar-refractivity contribution in [2.45, 2.75) is 19.5 Å². The van der Waals surface area contributed by atoms with Crippen molar-refractivity contribution < 1.29 is 18.7 Å². The number of aromatic nitrogens is 2. The molecule has 8 nitrogen and oxygen atoms in total. The fraction of sp³-hybridized carbons (Fsp3) is 0.300. The first kappa shape index (κ1) is 18.0. The van der Waals surface area contributed by atoms with Crippen LogP contribution in [0.15, 0.2) is 53.3 Å². The van der Waals surface area contributed by atoms with Crippen LogP contribution in [0.2, 0.25) is 0 Å². The normalized spacial score (nSPS) is 13.8. The van der Waals surface area contributed by atoms with E-state index in [-0.39, 0.29) is 6.03 Å². The number of benzene rings is 1. The van der Waals surface area contributed by atoms with Crippen molar-refractivity contribution >= 4 is 11.8 Å².